The van der Waals surface area contributed by atoms with Gasteiger partial charge >= 0.3 is 0 Å². The molecule has 3 rings (SSSR count). The van der Waals surface area contributed by atoms with Gasteiger partial charge in [-0.2, -0.15) is 4.98 Å². The molecule has 158 valence electrons. The maximum absolute atomic E-state index is 13.0. The van der Waals surface area contributed by atoms with Crippen molar-refractivity contribution in [1.29, 1.82) is 0 Å². The Hall–Kier alpha value is -3.62. The van der Waals surface area contributed by atoms with Gasteiger partial charge in [-0.3, -0.25) is 14.4 Å². The first-order valence-corrected chi connectivity index (χ1v) is 9.50. The zero-order chi connectivity index (χ0) is 21.7. The lowest BCUT2D eigenvalue weighted by molar-refractivity contribution is -0.139. The summed E-state index contributed by atoms with van der Waals surface area (Å²) >= 11 is 0. The van der Waals surface area contributed by atoms with Crippen molar-refractivity contribution in [2.75, 3.05) is 33.9 Å². The van der Waals surface area contributed by atoms with Crippen LogP contribution in [-0.4, -0.2) is 66.6 Å². The smallest absolute Gasteiger partial charge is 0.277 e. The van der Waals surface area contributed by atoms with Crippen LogP contribution in [-0.2, 0) is 4.79 Å². The number of hydrazine groups is 1. The van der Waals surface area contributed by atoms with Gasteiger partial charge < -0.3 is 14.8 Å². The fourth-order valence-corrected chi connectivity index (χ4v) is 3.21. The Balaban J connectivity index is 1.68. The largest absolute Gasteiger partial charge is 0.481 e. The number of hydrogen-bond donors (Lipinski definition) is 1. The highest BCUT2D eigenvalue weighted by atomic mass is 16.5. The molecular weight excluding hydrogens is 388 g/mol. The molecule has 0 bridgehead atoms. The number of amides is 3. The lowest BCUT2D eigenvalue weighted by atomic mass is 10.1. The maximum atomic E-state index is 13.0. The number of nitrogens with zero attached hydrogens (tertiary/aromatic N) is 3. The van der Waals surface area contributed by atoms with Gasteiger partial charge in [0, 0.05) is 24.7 Å². The number of benzene rings is 1. The molecule has 1 aromatic carbocycles. The van der Waals surface area contributed by atoms with Gasteiger partial charge in [-0.25, -0.2) is 10.0 Å². The van der Waals surface area contributed by atoms with Crippen LogP contribution in [0.15, 0.2) is 36.4 Å². The number of hydrogen-bond acceptors (Lipinski definition) is 6. The Morgan fingerprint density at radius 3 is 2.53 bits per heavy atom. The number of pyridine rings is 1. The summed E-state index contributed by atoms with van der Waals surface area (Å²) in [5.41, 5.74) is 1.65. The summed E-state index contributed by atoms with van der Waals surface area (Å²) in [5, 5.41) is 5.32. The highest BCUT2D eigenvalue weighted by Crippen LogP contribution is 2.24. The summed E-state index contributed by atoms with van der Waals surface area (Å²) in [6, 6.07) is 10.2. The first-order chi connectivity index (χ1) is 14.4. The van der Waals surface area contributed by atoms with Crippen LogP contribution in [0, 0.1) is 6.92 Å². The van der Waals surface area contributed by atoms with Gasteiger partial charge in [0.05, 0.1) is 20.8 Å². The van der Waals surface area contributed by atoms with Gasteiger partial charge in [-0.05, 0) is 31.5 Å². The third-order valence-corrected chi connectivity index (χ3v) is 4.70. The van der Waals surface area contributed by atoms with Crippen molar-refractivity contribution in [3.63, 3.8) is 0 Å². The van der Waals surface area contributed by atoms with Crippen LogP contribution in [0.3, 0.4) is 0 Å². The Kier molecular flexibility index (Phi) is 6.51. The van der Waals surface area contributed by atoms with Crippen molar-refractivity contribution >= 4 is 17.7 Å². The summed E-state index contributed by atoms with van der Waals surface area (Å²) in [6.45, 7) is 2.44. The number of aryl methyl sites for hydroxylation is 1. The minimum absolute atomic E-state index is 0.117. The normalized spacial score (nSPS) is 13.2. The molecule has 0 spiro atoms. The first-order valence-electron chi connectivity index (χ1n) is 9.50. The van der Waals surface area contributed by atoms with E-state index in [0.29, 0.717) is 31.0 Å². The van der Waals surface area contributed by atoms with E-state index in [0.717, 1.165) is 5.56 Å². The summed E-state index contributed by atoms with van der Waals surface area (Å²) in [4.78, 5) is 42.1. The SMILES string of the molecule is COc1ccc(C(=O)N2CCCN2C(=O)CNC(=O)c2cccc(C)c2)c(OC)n1. The fraction of sp³-hybridized carbons (Fsp3) is 0.333. The monoisotopic (exact) mass is 412 g/mol. The third-order valence-electron chi connectivity index (χ3n) is 4.70. The van der Waals surface area contributed by atoms with Gasteiger partial charge in [0.2, 0.25) is 11.8 Å². The Morgan fingerprint density at radius 2 is 1.83 bits per heavy atom. The number of carbonyl (C=O) groups excluding carboxylic acids is 3. The molecule has 1 aliphatic heterocycles. The Labute approximate surface area is 174 Å². The summed E-state index contributed by atoms with van der Waals surface area (Å²) < 4.78 is 10.3. The molecule has 1 fully saturated rings. The van der Waals surface area contributed by atoms with E-state index in [4.69, 9.17) is 9.47 Å². The van der Waals surface area contributed by atoms with E-state index in [-0.39, 0.29) is 29.8 Å². The number of aromatic nitrogens is 1. The van der Waals surface area contributed by atoms with Crippen molar-refractivity contribution < 1.29 is 23.9 Å². The van der Waals surface area contributed by atoms with Crippen LogP contribution in [0.5, 0.6) is 11.8 Å². The van der Waals surface area contributed by atoms with E-state index < -0.39 is 5.91 Å². The molecule has 9 heteroatoms. The average molecular weight is 412 g/mol. The minimum atomic E-state index is -0.405. The van der Waals surface area contributed by atoms with E-state index >= 15 is 0 Å². The molecule has 2 heterocycles. The third kappa shape index (κ3) is 4.51. The van der Waals surface area contributed by atoms with Crippen LogP contribution in [0.2, 0.25) is 0 Å². The highest BCUT2D eigenvalue weighted by molar-refractivity contribution is 5.99. The average Bonchev–Trinajstić information content (AvgIpc) is 3.26. The summed E-state index contributed by atoms with van der Waals surface area (Å²) in [7, 11) is 2.88. The Morgan fingerprint density at radius 1 is 1.07 bits per heavy atom. The summed E-state index contributed by atoms with van der Waals surface area (Å²) in [6.07, 6.45) is 0.634. The van der Waals surface area contributed by atoms with E-state index in [1.54, 1.807) is 30.3 Å². The predicted molar refractivity (Wildman–Crippen MR) is 108 cm³/mol. The van der Waals surface area contributed by atoms with Gasteiger partial charge in [0.15, 0.2) is 0 Å². The topological polar surface area (TPSA) is 101 Å². The van der Waals surface area contributed by atoms with Crippen molar-refractivity contribution in [2.24, 2.45) is 0 Å². The molecular formula is C21H24N4O5. The lowest BCUT2D eigenvalue weighted by Crippen LogP contribution is -2.48. The zero-order valence-corrected chi connectivity index (χ0v) is 17.2. The van der Waals surface area contributed by atoms with Gasteiger partial charge in [-0.1, -0.05) is 17.7 Å². The number of methoxy groups -OCH3 is 2. The first kappa shape index (κ1) is 21.1. The fourth-order valence-electron chi connectivity index (χ4n) is 3.21. The van der Waals surface area contributed by atoms with Crippen LogP contribution >= 0.6 is 0 Å². The van der Waals surface area contributed by atoms with Crippen LogP contribution in [0.1, 0.15) is 32.7 Å². The second-order valence-corrected chi connectivity index (χ2v) is 6.76. The number of nitrogens with one attached hydrogen (secondary N) is 1. The molecule has 1 aliphatic rings. The molecule has 30 heavy (non-hydrogen) atoms. The molecule has 9 nitrogen and oxygen atoms in total. The van der Waals surface area contributed by atoms with Crippen LogP contribution in [0.25, 0.3) is 0 Å². The number of carbonyl (C=O) groups is 3. The molecule has 0 radical (unpaired) electrons. The van der Waals surface area contributed by atoms with E-state index in [1.165, 1.54) is 24.2 Å². The molecule has 0 unspecified atom stereocenters. The van der Waals surface area contributed by atoms with E-state index in [1.807, 2.05) is 13.0 Å². The van der Waals surface area contributed by atoms with Crippen molar-refractivity contribution in [3.05, 3.63) is 53.1 Å². The lowest BCUT2D eigenvalue weighted by Gasteiger charge is -2.28. The Bertz CT molecular complexity index is 962. The molecule has 1 saturated heterocycles. The number of rotatable bonds is 6. The zero-order valence-electron chi connectivity index (χ0n) is 17.2. The molecule has 0 atom stereocenters. The molecule has 1 aromatic heterocycles. The van der Waals surface area contributed by atoms with Crippen molar-refractivity contribution in [2.45, 2.75) is 13.3 Å². The molecule has 3 amide bonds. The molecule has 0 saturated carbocycles. The second-order valence-electron chi connectivity index (χ2n) is 6.76. The van der Waals surface area contributed by atoms with E-state index in [2.05, 4.69) is 10.3 Å². The van der Waals surface area contributed by atoms with Gasteiger partial charge in [-0.15, -0.1) is 0 Å². The van der Waals surface area contributed by atoms with E-state index in [9.17, 15) is 14.4 Å². The van der Waals surface area contributed by atoms with Crippen molar-refractivity contribution in [1.82, 2.24) is 20.3 Å². The predicted octanol–water partition coefficient (Wildman–Crippen LogP) is 1.43. The van der Waals surface area contributed by atoms with Crippen LogP contribution < -0.4 is 14.8 Å². The summed E-state index contributed by atoms with van der Waals surface area (Å²) in [5.74, 6) is -0.687. The maximum Gasteiger partial charge on any atom is 0.277 e. The molecule has 0 aliphatic carbocycles. The highest BCUT2D eigenvalue weighted by Gasteiger charge is 2.33. The van der Waals surface area contributed by atoms with Crippen LogP contribution in [0.4, 0.5) is 0 Å². The minimum Gasteiger partial charge on any atom is -0.481 e. The standard InChI is InChI=1S/C21H24N4O5/c1-14-6-4-7-15(12-14)19(27)22-13-18(26)24-10-5-11-25(24)21(28)16-8-9-17(29-2)23-20(16)30-3/h4,6-9,12H,5,10-11,13H2,1-3H3,(H,22,27). The molecule has 2 aromatic rings. The number of ether oxygens (including phenoxy) is 2. The van der Waals surface area contributed by atoms with Gasteiger partial charge in [0.25, 0.3) is 17.7 Å². The molecule has 1 N–H and O–H groups in total. The quantitative estimate of drug-likeness (QED) is 0.770. The van der Waals surface area contributed by atoms with Crippen molar-refractivity contribution in [3.8, 4) is 11.8 Å². The van der Waals surface area contributed by atoms with Gasteiger partial charge in [0.1, 0.15) is 5.56 Å². The second kappa shape index (κ2) is 9.25.